The molecule has 0 bridgehead atoms. The molecule has 0 atom stereocenters. The van der Waals surface area contributed by atoms with Gasteiger partial charge in [-0.05, 0) is 50.6 Å². The van der Waals surface area contributed by atoms with Crippen molar-refractivity contribution in [2.24, 2.45) is 7.05 Å². The van der Waals surface area contributed by atoms with Gasteiger partial charge in [-0.3, -0.25) is 14.3 Å². The summed E-state index contributed by atoms with van der Waals surface area (Å²) in [5, 5.41) is 18.5. The van der Waals surface area contributed by atoms with Crippen LogP contribution < -0.4 is 10.6 Å². The SMILES string of the molecule is Cc1cc(C)n(CCCNC(=O)c2ccc(NC(=O)CSc3nncn3C)cc2)n1. The van der Waals surface area contributed by atoms with Gasteiger partial charge in [0.15, 0.2) is 5.16 Å². The summed E-state index contributed by atoms with van der Waals surface area (Å²) in [7, 11) is 1.82. The van der Waals surface area contributed by atoms with E-state index in [4.69, 9.17) is 0 Å². The van der Waals surface area contributed by atoms with E-state index < -0.39 is 0 Å². The van der Waals surface area contributed by atoms with E-state index in [1.807, 2.05) is 31.6 Å². The maximum atomic E-state index is 12.3. The predicted molar refractivity (Wildman–Crippen MR) is 115 cm³/mol. The second-order valence-corrected chi connectivity index (χ2v) is 7.84. The van der Waals surface area contributed by atoms with Crippen LogP contribution in [-0.2, 0) is 18.4 Å². The highest BCUT2D eigenvalue weighted by Gasteiger charge is 2.09. The third-order valence-corrected chi connectivity index (χ3v) is 5.40. The van der Waals surface area contributed by atoms with E-state index in [1.165, 1.54) is 11.8 Å². The van der Waals surface area contributed by atoms with Crippen molar-refractivity contribution in [3.8, 4) is 0 Å². The Morgan fingerprint density at radius 1 is 1.17 bits per heavy atom. The van der Waals surface area contributed by atoms with E-state index in [2.05, 4.69) is 25.9 Å². The third-order valence-electron chi connectivity index (χ3n) is 4.37. The number of carbonyl (C=O) groups excluding carboxylic acids is 2. The molecule has 0 saturated heterocycles. The lowest BCUT2D eigenvalue weighted by Crippen LogP contribution is -2.25. The molecule has 2 aromatic heterocycles. The Morgan fingerprint density at radius 2 is 1.93 bits per heavy atom. The van der Waals surface area contributed by atoms with Crippen LogP contribution in [0.25, 0.3) is 0 Å². The fourth-order valence-corrected chi connectivity index (χ4v) is 3.56. The lowest BCUT2D eigenvalue weighted by molar-refractivity contribution is -0.113. The number of carbonyl (C=O) groups is 2. The molecule has 2 N–H and O–H groups in total. The molecule has 0 fully saturated rings. The van der Waals surface area contributed by atoms with Gasteiger partial charge in [0, 0.05) is 37.1 Å². The van der Waals surface area contributed by atoms with E-state index in [9.17, 15) is 9.59 Å². The molecule has 0 spiro atoms. The summed E-state index contributed by atoms with van der Waals surface area (Å²) in [6.07, 6.45) is 2.38. The van der Waals surface area contributed by atoms with Crippen LogP contribution in [0, 0.1) is 13.8 Å². The van der Waals surface area contributed by atoms with Crippen molar-refractivity contribution in [2.75, 3.05) is 17.6 Å². The highest BCUT2D eigenvalue weighted by atomic mass is 32.2. The molecular weight excluding hydrogens is 402 g/mol. The standard InChI is InChI=1S/C20H25N7O2S/c1-14-11-15(2)27(25-14)10-4-9-21-19(29)16-5-7-17(8-6-16)23-18(28)12-30-20-24-22-13-26(20)3/h5-8,11,13H,4,9-10,12H2,1-3H3,(H,21,29)(H,23,28). The van der Waals surface area contributed by atoms with Gasteiger partial charge in [-0.2, -0.15) is 5.10 Å². The molecule has 2 amide bonds. The Kier molecular flexibility index (Phi) is 7.23. The number of anilines is 1. The highest BCUT2D eigenvalue weighted by molar-refractivity contribution is 7.99. The van der Waals surface area contributed by atoms with Gasteiger partial charge in [-0.1, -0.05) is 11.8 Å². The number of thioether (sulfide) groups is 1. The quantitative estimate of drug-likeness (QED) is 0.400. The number of aromatic nitrogens is 5. The zero-order chi connectivity index (χ0) is 21.5. The number of hydrogen-bond acceptors (Lipinski definition) is 6. The first kappa shape index (κ1) is 21.6. The first-order valence-electron chi connectivity index (χ1n) is 9.58. The number of benzene rings is 1. The normalized spacial score (nSPS) is 10.8. The zero-order valence-electron chi connectivity index (χ0n) is 17.3. The summed E-state index contributed by atoms with van der Waals surface area (Å²) in [4.78, 5) is 24.4. The van der Waals surface area contributed by atoms with E-state index in [1.54, 1.807) is 35.2 Å². The maximum absolute atomic E-state index is 12.3. The van der Waals surface area contributed by atoms with Crippen LogP contribution in [0.4, 0.5) is 5.69 Å². The minimum Gasteiger partial charge on any atom is -0.352 e. The van der Waals surface area contributed by atoms with Crippen LogP contribution in [0.2, 0.25) is 0 Å². The van der Waals surface area contributed by atoms with Gasteiger partial charge in [0.05, 0.1) is 11.4 Å². The van der Waals surface area contributed by atoms with Gasteiger partial charge in [-0.25, -0.2) is 0 Å². The van der Waals surface area contributed by atoms with E-state index in [-0.39, 0.29) is 17.6 Å². The fraction of sp³-hybridized carbons (Fsp3) is 0.350. The number of nitrogens with one attached hydrogen (secondary N) is 2. The average molecular weight is 428 g/mol. The molecule has 1 aromatic carbocycles. The number of amides is 2. The lowest BCUT2D eigenvalue weighted by Gasteiger charge is -2.08. The fourth-order valence-electron chi connectivity index (χ4n) is 2.87. The second-order valence-electron chi connectivity index (χ2n) is 6.90. The largest absolute Gasteiger partial charge is 0.352 e. The van der Waals surface area contributed by atoms with Crippen molar-refractivity contribution in [3.63, 3.8) is 0 Å². The Morgan fingerprint density at radius 3 is 2.57 bits per heavy atom. The molecule has 2 heterocycles. The van der Waals surface area contributed by atoms with Crippen LogP contribution in [0.15, 0.2) is 41.8 Å². The van der Waals surface area contributed by atoms with E-state index in [0.717, 1.165) is 24.4 Å². The summed E-state index contributed by atoms with van der Waals surface area (Å²) in [5.41, 5.74) is 3.30. The van der Waals surface area contributed by atoms with E-state index >= 15 is 0 Å². The van der Waals surface area contributed by atoms with Crippen LogP contribution in [0.3, 0.4) is 0 Å². The summed E-state index contributed by atoms with van der Waals surface area (Å²) in [6, 6.07) is 8.86. The van der Waals surface area contributed by atoms with Gasteiger partial charge in [-0.15, -0.1) is 10.2 Å². The average Bonchev–Trinajstić information content (AvgIpc) is 3.27. The Labute approximate surface area is 179 Å². The monoisotopic (exact) mass is 427 g/mol. The summed E-state index contributed by atoms with van der Waals surface area (Å²) < 4.78 is 3.70. The molecular formula is C20H25N7O2S. The second kappa shape index (κ2) is 10.1. The van der Waals surface area contributed by atoms with Crippen molar-refractivity contribution >= 4 is 29.3 Å². The maximum Gasteiger partial charge on any atom is 0.251 e. The molecule has 30 heavy (non-hydrogen) atoms. The van der Waals surface area contributed by atoms with Crippen molar-refractivity contribution in [1.82, 2.24) is 29.9 Å². The number of rotatable bonds is 9. The van der Waals surface area contributed by atoms with Crippen LogP contribution in [-0.4, -0.2) is 48.7 Å². The molecule has 9 nitrogen and oxygen atoms in total. The molecule has 0 unspecified atom stereocenters. The molecule has 3 rings (SSSR count). The molecule has 158 valence electrons. The minimum absolute atomic E-state index is 0.140. The number of nitrogens with zero attached hydrogens (tertiary/aromatic N) is 5. The van der Waals surface area contributed by atoms with Crippen molar-refractivity contribution in [1.29, 1.82) is 0 Å². The van der Waals surface area contributed by atoms with Gasteiger partial charge in [0.2, 0.25) is 5.91 Å². The number of hydrogen-bond donors (Lipinski definition) is 2. The minimum atomic E-state index is -0.149. The Balaban J connectivity index is 1.40. The van der Waals surface area contributed by atoms with Gasteiger partial charge in [0.1, 0.15) is 6.33 Å². The lowest BCUT2D eigenvalue weighted by atomic mass is 10.2. The first-order chi connectivity index (χ1) is 14.4. The summed E-state index contributed by atoms with van der Waals surface area (Å²) in [6.45, 7) is 5.31. The first-order valence-corrected chi connectivity index (χ1v) is 10.6. The van der Waals surface area contributed by atoms with E-state index in [0.29, 0.717) is 23.0 Å². The van der Waals surface area contributed by atoms with Crippen LogP contribution in [0.5, 0.6) is 0 Å². The predicted octanol–water partition coefficient (Wildman–Crippen LogP) is 2.18. The third kappa shape index (κ3) is 5.93. The summed E-state index contributed by atoms with van der Waals surface area (Å²) >= 11 is 1.31. The van der Waals surface area contributed by atoms with Crippen molar-refractivity contribution in [2.45, 2.75) is 32.0 Å². The molecule has 3 aromatic rings. The molecule has 0 aliphatic rings. The van der Waals surface area contributed by atoms with Crippen LogP contribution in [0.1, 0.15) is 28.2 Å². The molecule has 0 radical (unpaired) electrons. The Hall–Kier alpha value is -3.14. The highest BCUT2D eigenvalue weighted by Crippen LogP contribution is 2.15. The molecule has 10 heteroatoms. The Bertz CT molecular complexity index is 1010. The van der Waals surface area contributed by atoms with Crippen molar-refractivity contribution in [3.05, 3.63) is 53.6 Å². The number of aryl methyl sites for hydroxylation is 4. The molecule has 0 aliphatic carbocycles. The molecule has 0 aliphatic heterocycles. The smallest absolute Gasteiger partial charge is 0.251 e. The summed E-state index contributed by atoms with van der Waals surface area (Å²) in [5.74, 6) is -0.0623. The zero-order valence-corrected chi connectivity index (χ0v) is 18.1. The van der Waals surface area contributed by atoms with Gasteiger partial charge in [0.25, 0.3) is 5.91 Å². The topological polar surface area (TPSA) is 107 Å². The molecule has 0 saturated carbocycles. The van der Waals surface area contributed by atoms with Gasteiger partial charge >= 0.3 is 0 Å². The van der Waals surface area contributed by atoms with Gasteiger partial charge < -0.3 is 15.2 Å². The van der Waals surface area contributed by atoms with Crippen LogP contribution >= 0.6 is 11.8 Å². The van der Waals surface area contributed by atoms with Crippen molar-refractivity contribution < 1.29 is 9.59 Å².